The van der Waals surface area contributed by atoms with Crippen molar-refractivity contribution in [3.8, 4) is 0 Å². The lowest BCUT2D eigenvalue weighted by molar-refractivity contribution is 0.102. The van der Waals surface area contributed by atoms with Crippen LogP contribution in [0.1, 0.15) is 16.1 Å². The molecule has 0 saturated heterocycles. The number of carbonyl (C=O) groups is 1. The molecule has 0 saturated carbocycles. The van der Waals surface area contributed by atoms with Crippen molar-refractivity contribution in [2.45, 2.75) is 6.92 Å². The largest absolute Gasteiger partial charge is 0.373 e. The number of pyridine rings is 2. The van der Waals surface area contributed by atoms with E-state index in [1.807, 2.05) is 6.92 Å². The van der Waals surface area contributed by atoms with Crippen molar-refractivity contribution in [1.82, 2.24) is 9.97 Å². The van der Waals surface area contributed by atoms with Gasteiger partial charge in [0.05, 0.1) is 10.2 Å². The lowest BCUT2D eigenvalue weighted by atomic mass is 10.2. The van der Waals surface area contributed by atoms with E-state index in [2.05, 4.69) is 36.5 Å². The Morgan fingerprint density at radius 1 is 1.37 bits per heavy atom. The first kappa shape index (κ1) is 13.5. The predicted octanol–water partition coefficient (Wildman–Crippen LogP) is 2.84. The Kier molecular flexibility index (Phi) is 4.11. The zero-order valence-corrected chi connectivity index (χ0v) is 12.2. The minimum Gasteiger partial charge on any atom is -0.373 e. The van der Waals surface area contributed by atoms with Crippen molar-refractivity contribution in [2.75, 3.05) is 17.7 Å². The van der Waals surface area contributed by atoms with Gasteiger partial charge < -0.3 is 10.6 Å². The van der Waals surface area contributed by atoms with Crippen LogP contribution >= 0.6 is 15.9 Å². The number of nitrogens with zero attached hydrogens (tertiary/aromatic N) is 2. The highest BCUT2D eigenvalue weighted by molar-refractivity contribution is 9.10. The molecule has 0 bridgehead atoms. The van der Waals surface area contributed by atoms with Gasteiger partial charge in [0.15, 0.2) is 0 Å². The number of rotatable bonds is 3. The Balaban J connectivity index is 2.25. The molecule has 6 heteroatoms. The lowest BCUT2D eigenvalue weighted by Crippen LogP contribution is -2.13. The summed E-state index contributed by atoms with van der Waals surface area (Å²) in [6.07, 6.45) is 3.25. The summed E-state index contributed by atoms with van der Waals surface area (Å²) in [6.45, 7) is 1.85. The number of aromatic nitrogens is 2. The second-order valence-corrected chi connectivity index (χ2v) is 4.80. The third kappa shape index (κ3) is 3.29. The summed E-state index contributed by atoms with van der Waals surface area (Å²) in [5, 5.41) is 5.75. The van der Waals surface area contributed by atoms with E-state index in [1.54, 1.807) is 37.6 Å². The van der Waals surface area contributed by atoms with Gasteiger partial charge in [-0.1, -0.05) is 0 Å². The maximum atomic E-state index is 12.2. The maximum Gasteiger partial charge on any atom is 0.255 e. The van der Waals surface area contributed by atoms with Gasteiger partial charge in [-0.25, -0.2) is 4.98 Å². The van der Waals surface area contributed by atoms with Gasteiger partial charge in [-0.2, -0.15) is 0 Å². The van der Waals surface area contributed by atoms with Gasteiger partial charge in [-0.05, 0) is 41.1 Å². The van der Waals surface area contributed by atoms with E-state index in [-0.39, 0.29) is 5.91 Å². The fraction of sp³-hybridized carbons (Fsp3) is 0.154. The van der Waals surface area contributed by atoms with Crippen molar-refractivity contribution >= 4 is 33.3 Å². The van der Waals surface area contributed by atoms with E-state index in [9.17, 15) is 4.79 Å². The third-order valence-corrected chi connectivity index (χ3v) is 3.12. The molecular formula is C13H13BrN4O. The van der Waals surface area contributed by atoms with Crippen molar-refractivity contribution < 1.29 is 4.79 Å². The Morgan fingerprint density at radius 2 is 2.16 bits per heavy atom. The van der Waals surface area contributed by atoms with Gasteiger partial charge in [0.1, 0.15) is 5.82 Å². The smallest absolute Gasteiger partial charge is 0.255 e. The average molecular weight is 321 g/mol. The van der Waals surface area contributed by atoms with Gasteiger partial charge >= 0.3 is 0 Å². The number of anilines is 2. The van der Waals surface area contributed by atoms with E-state index in [4.69, 9.17) is 0 Å². The van der Waals surface area contributed by atoms with Crippen LogP contribution in [0, 0.1) is 6.92 Å². The van der Waals surface area contributed by atoms with Crippen LogP contribution in [0.25, 0.3) is 0 Å². The topological polar surface area (TPSA) is 66.9 Å². The van der Waals surface area contributed by atoms with Crippen LogP contribution < -0.4 is 10.6 Å². The molecule has 19 heavy (non-hydrogen) atoms. The van der Waals surface area contributed by atoms with Crippen LogP contribution in [0.3, 0.4) is 0 Å². The molecule has 0 aromatic carbocycles. The summed E-state index contributed by atoms with van der Waals surface area (Å²) in [5.41, 5.74) is 2.02. The van der Waals surface area contributed by atoms with Crippen molar-refractivity contribution in [2.24, 2.45) is 0 Å². The fourth-order valence-electron chi connectivity index (χ4n) is 1.60. The summed E-state index contributed by atoms with van der Waals surface area (Å²) >= 11 is 3.34. The highest BCUT2D eigenvalue weighted by Crippen LogP contribution is 2.21. The van der Waals surface area contributed by atoms with E-state index >= 15 is 0 Å². The first-order chi connectivity index (χ1) is 9.10. The quantitative estimate of drug-likeness (QED) is 0.912. The maximum absolute atomic E-state index is 12.2. The number of nitrogens with one attached hydrogen (secondary N) is 2. The minimum atomic E-state index is -0.186. The molecule has 2 aromatic heterocycles. The first-order valence-corrected chi connectivity index (χ1v) is 6.47. The van der Waals surface area contributed by atoms with Crippen LogP contribution in [-0.4, -0.2) is 22.9 Å². The molecule has 0 fully saturated rings. The van der Waals surface area contributed by atoms with Crippen LogP contribution in [0.4, 0.5) is 11.5 Å². The third-order valence-electron chi connectivity index (χ3n) is 2.49. The molecule has 98 valence electrons. The highest BCUT2D eigenvalue weighted by atomic mass is 79.9. The Labute approximate surface area is 119 Å². The van der Waals surface area contributed by atoms with E-state index in [0.717, 1.165) is 10.2 Å². The van der Waals surface area contributed by atoms with Crippen molar-refractivity contribution in [3.63, 3.8) is 0 Å². The molecule has 0 aliphatic heterocycles. The summed E-state index contributed by atoms with van der Waals surface area (Å²) in [7, 11) is 1.77. The molecular weight excluding hydrogens is 308 g/mol. The number of carbonyl (C=O) groups excluding carboxylic acids is 1. The Bertz CT molecular complexity index is 615. The Hall–Kier alpha value is -1.95. The average Bonchev–Trinajstić information content (AvgIpc) is 2.40. The molecule has 0 spiro atoms. The summed E-state index contributed by atoms with van der Waals surface area (Å²) in [6, 6.07) is 5.18. The van der Waals surface area contributed by atoms with Crippen molar-refractivity contribution in [1.29, 1.82) is 0 Å². The lowest BCUT2D eigenvalue weighted by Gasteiger charge is -2.08. The van der Waals surface area contributed by atoms with Crippen LogP contribution in [0.5, 0.6) is 0 Å². The molecule has 5 nitrogen and oxygen atoms in total. The molecule has 0 unspecified atom stereocenters. The fourth-order valence-corrected chi connectivity index (χ4v) is 1.95. The predicted molar refractivity (Wildman–Crippen MR) is 78.4 cm³/mol. The molecule has 2 heterocycles. The summed E-state index contributed by atoms with van der Waals surface area (Å²) < 4.78 is 0.739. The standard InChI is InChI=1S/C13H13BrN4O/c1-8-5-9(6-12(15-2)17-8)13(19)18-11-3-4-16-7-10(11)14/h3-7H,1-2H3,(H,15,17)(H,16,18,19). The number of hydrogen-bond acceptors (Lipinski definition) is 4. The van der Waals surface area contributed by atoms with Gasteiger partial charge in [0.2, 0.25) is 0 Å². The van der Waals surface area contributed by atoms with Crippen LogP contribution in [0.2, 0.25) is 0 Å². The normalized spacial score (nSPS) is 10.1. The molecule has 0 atom stereocenters. The molecule has 2 N–H and O–H groups in total. The van der Waals surface area contributed by atoms with E-state index < -0.39 is 0 Å². The zero-order valence-electron chi connectivity index (χ0n) is 10.6. The highest BCUT2D eigenvalue weighted by Gasteiger charge is 2.10. The molecule has 2 aromatic rings. The van der Waals surface area contributed by atoms with Gasteiger partial charge in [-0.3, -0.25) is 9.78 Å². The molecule has 0 aliphatic carbocycles. The zero-order chi connectivity index (χ0) is 13.8. The molecule has 0 radical (unpaired) electrons. The van der Waals surface area contributed by atoms with E-state index in [0.29, 0.717) is 17.1 Å². The van der Waals surface area contributed by atoms with E-state index in [1.165, 1.54) is 0 Å². The van der Waals surface area contributed by atoms with Gasteiger partial charge in [-0.15, -0.1) is 0 Å². The SMILES string of the molecule is CNc1cc(C(=O)Nc2ccncc2Br)cc(C)n1. The van der Waals surface area contributed by atoms with Crippen LogP contribution in [0.15, 0.2) is 35.1 Å². The van der Waals surface area contributed by atoms with Crippen LogP contribution in [-0.2, 0) is 0 Å². The molecule has 1 amide bonds. The minimum absolute atomic E-state index is 0.186. The summed E-state index contributed by atoms with van der Waals surface area (Å²) in [5.74, 6) is 0.479. The number of hydrogen-bond donors (Lipinski definition) is 2. The van der Waals surface area contributed by atoms with Gasteiger partial charge in [0, 0.05) is 30.7 Å². The monoisotopic (exact) mass is 320 g/mol. The molecule has 0 aliphatic rings. The molecule has 2 rings (SSSR count). The summed E-state index contributed by atoms with van der Waals surface area (Å²) in [4.78, 5) is 20.4. The number of amides is 1. The van der Waals surface area contributed by atoms with Gasteiger partial charge in [0.25, 0.3) is 5.91 Å². The first-order valence-electron chi connectivity index (χ1n) is 5.67. The second kappa shape index (κ2) is 5.79. The Morgan fingerprint density at radius 3 is 2.84 bits per heavy atom. The second-order valence-electron chi connectivity index (χ2n) is 3.94. The number of aryl methyl sites for hydroxylation is 1. The van der Waals surface area contributed by atoms with Crippen molar-refractivity contribution in [3.05, 3.63) is 46.3 Å². The number of halogens is 1.